The van der Waals surface area contributed by atoms with E-state index < -0.39 is 6.61 Å². The molecule has 0 spiro atoms. The normalized spacial score (nSPS) is 15.3. The predicted octanol–water partition coefficient (Wildman–Crippen LogP) is 2.99. The molecule has 0 amide bonds. The summed E-state index contributed by atoms with van der Waals surface area (Å²) in [6.07, 6.45) is 0. The fourth-order valence-electron chi connectivity index (χ4n) is 3.30. The first kappa shape index (κ1) is 22.0. The highest BCUT2D eigenvalue weighted by molar-refractivity contribution is 5.79. The third-order valence-electron chi connectivity index (χ3n) is 4.82. The van der Waals surface area contributed by atoms with Gasteiger partial charge in [-0.25, -0.2) is 0 Å². The van der Waals surface area contributed by atoms with E-state index >= 15 is 0 Å². The van der Waals surface area contributed by atoms with Crippen molar-refractivity contribution in [3.8, 4) is 5.75 Å². The first-order valence-electron chi connectivity index (χ1n) is 9.99. The lowest BCUT2D eigenvalue weighted by molar-refractivity contribution is -0.0504. The van der Waals surface area contributed by atoms with Crippen LogP contribution in [0.25, 0.3) is 0 Å². The summed E-state index contributed by atoms with van der Waals surface area (Å²) in [4.78, 5) is 6.59. The first-order chi connectivity index (χ1) is 14.6. The fourth-order valence-corrected chi connectivity index (χ4v) is 3.30. The zero-order chi connectivity index (χ0) is 21.2. The number of hydrogen-bond acceptors (Lipinski definition) is 4. The Morgan fingerprint density at radius 3 is 2.57 bits per heavy atom. The quantitative estimate of drug-likeness (QED) is 0.510. The van der Waals surface area contributed by atoms with E-state index in [0.29, 0.717) is 24.6 Å². The van der Waals surface area contributed by atoms with Gasteiger partial charge in [0.2, 0.25) is 0 Å². The minimum Gasteiger partial charge on any atom is -0.434 e. The monoisotopic (exact) mass is 418 g/mol. The number of nitrogens with one attached hydrogen (secondary N) is 2. The van der Waals surface area contributed by atoms with Crippen molar-refractivity contribution in [2.75, 3.05) is 33.4 Å². The number of aliphatic imine (C=N–C) groups is 1. The fraction of sp³-hybridized carbons (Fsp3) is 0.409. The number of para-hydroxylation sites is 1. The molecule has 3 rings (SSSR count). The van der Waals surface area contributed by atoms with Crippen LogP contribution in [-0.4, -0.2) is 50.8 Å². The molecule has 0 aliphatic carbocycles. The van der Waals surface area contributed by atoms with Gasteiger partial charge in [0.1, 0.15) is 5.75 Å². The number of nitrogens with zero attached hydrogens (tertiary/aromatic N) is 2. The first-order valence-corrected chi connectivity index (χ1v) is 9.99. The maximum Gasteiger partial charge on any atom is 0.387 e. The molecule has 162 valence electrons. The lowest BCUT2D eigenvalue weighted by Crippen LogP contribution is -2.36. The average molecular weight is 418 g/mol. The van der Waals surface area contributed by atoms with Gasteiger partial charge in [-0.3, -0.25) is 9.89 Å². The molecule has 0 saturated carbocycles. The van der Waals surface area contributed by atoms with Crippen LogP contribution in [0.5, 0.6) is 5.75 Å². The third-order valence-corrected chi connectivity index (χ3v) is 4.82. The Labute approximate surface area is 175 Å². The summed E-state index contributed by atoms with van der Waals surface area (Å²) in [5.74, 6) is 0.742. The van der Waals surface area contributed by atoms with E-state index in [0.717, 1.165) is 38.4 Å². The van der Waals surface area contributed by atoms with E-state index in [2.05, 4.69) is 49.5 Å². The van der Waals surface area contributed by atoms with E-state index in [1.807, 2.05) is 0 Å². The van der Waals surface area contributed by atoms with Gasteiger partial charge < -0.3 is 20.1 Å². The molecular weight excluding hydrogens is 390 g/mol. The van der Waals surface area contributed by atoms with Crippen LogP contribution in [-0.2, 0) is 24.4 Å². The largest absolute Gasteiger partial charge is 0.434 e. The molecule has 0 radical (unpaired) electrons. The molecule has 1 fully saturated rings. The topological polar surface area (TPSA) is 58.1 Å². The summed E-state index contributed by atoms with van der Waals surface area (Å²) < 4.78 is 35.1. The minimum atomic E-state index is -2.85. The third kappa shape index (κ3) is 6.96. The Bertz CT molecular complexity index is 826. The zero-order valence-corrected chi connectivity index (χ0v) is 17.1. The van der Waals surface area contributed by atoms with Gasteiger partial charge in [0, 0.05) is 45.3 Å². The van der Waals surface area contributed by atoms with E-state index in [1.54, 1.807) is 25.2 Å². The molecular formula is C22H28F2N4O2. The number of halogens is 2. The van der Waals surface area contributed by atoms with Gasteiger partial charge in [-0.05, 0) is 17.2 Å². The van der Waals surface area contributed by atoms with Crippen LogP contribution in [0, 0.1) is 0 Å². The van der Waals surface area contributed by atoms with Gasteiger partial charge in [0.25, 0.3) is 0 Å². The highest BCUT2D eigenvalue weighted by Crippen LogP contribution is 2.19. The summed E-state index contributed by atoms with van der Waals surface area (Å²) in [6.45, 7) is 2.46. The highest BCUT2D eigenvalue weighted by Gasteiger charge is 2.11. The van der Waals surface area contributed by atoms with E-state index in [4.69, 9.17) is 4.74 Å². The molecule has 0 aromatic heterocycles. The molecule has 2 aromatic carbocycles. The number of hydrogen-bond donors (Lipinski definition) is 2. The summed E-state index contributed by atoms with van der Waals surface area (Å²) in [7, 11) is 1.67. The Hall–Kier alpha value is -2.71. The Morgan fingerprint density at radius 2 is 1.80 bits per heavy atom. The van der Waals surface area contributed by atoms with E-state index in [9.17, 15) is 8.78 Å². The number of guanidine groups is 1. The number of rotatable bonds is 8. The van der Waals surface area contributed by atoms with Crippen LogP contribution < -0.4 is 15.4 Å². The van der Waals surface area contributed by atoms with Crippen molar-refractivity contribution in [2.45, 2.75) is 26.2 Å². The summed E-state index contributed by atoms with van der Waals surface area (Å²) in [5, 5.41) is 6.41. The standard InChI is InChI=1S/C22H28F2N4O2/c1-25-22(27-15-19-7-2-3-8-20(19)30-21(23)24)26-14-17-5-4-6-18(13-17)16-28-9-11-29-12-10-28/h2-8,13,21H,9-12,14-16H2,1H3,(H2,25,26,27). The predicted molar refractivity (Wildman–Crippen MR) is 113 cm³/mol. The van der Waals surface area contributed by atoms with Crippen LogP contribution in [0.1, 0.15) is 16.7 Å². The molecule has 1 aliphatic rings. The van der Waals surface area contributed by atoms with E-state index in [-0.39, 0.29) is 5.75 Å². The number of morpholine rings is 1. The Balaban J connectivity index is 1.51. The number of benzene rings is 2. The smallest absolute Gasteiger partial charge is 0.387 e. The second kappa shape index (κ2) is 11.5. The van der Waals surface area contributed by atoms with Crippen molar-refractivity contribution >= 4 is 5.96 Å². The summed E-state index contributed by atoms with van der Waals surface area (Å²) in [5.41, 5.74) is 3.04. The molecule has 0 unspecified atom stereocenters. The lowest BCUT2D eigenvalue weighted by Gasteiger charge is -2.26. The molecule has 30 heavy (non-hydrogen) atoms. The molecule has 2 aromatic rings. The van der Waals surface area contributed by atoms with Crippen LogP contribution in [0.2, 0.25) is 0 Å². The second-order valence-electron chi connectivity index (χ2n) is 6.97. The van der Waals surface area contributed by atoms with Gasteiger partial charge in [-0.2, -0.15) is 8.78 Å². The average Bonchev–Trinajstić information content (AvgIpc) is 2.75. The number of alkyl halides is 2. The van der Waals surface area contributed by atoms with Crippen molar-refractivity contribution in [3.63, 3.8) is 0 Å². The van der Waals surface area contributed by atoms with Crippen molar-refractivity contribution in [1.29, 1.82) is 0 Å². The van der Waals surface area contributed by atoms with Crippen LogP contribution in [0.15, 0.2) is 53.5 Å². The van der Waals surface area contributed by atoms with E-state index in [1.165, 1.54) is 11.6 Å². The molecule has 1 saturated heterocycles. The molecule has 0 atom stereocenters. The zero-order valence-electron chi connectivity index (χ0n) is 17.1. The second-order valence-corrected chi connectivity index (χ2v) is 6.97. The van der Waals surface area contributed by atoms with Crippen LogP contribution in [0.3, 0.4) is 0 Å². The Kier molecular flexibility index (Phi) is 8.41. The summed E-state index contributed by atoms with van der Waals surface area (Å²) in [6, 6.07) is 15.2. The molecule has 8 heteroatoms. The SMILES string of the molecule is CN=C(NCc1cccc(CN2CCOCC2)c1)NCc1ccccc1OC(F)F. The molecule has 1 heterocycles. The van der Waals surface area contributed by atoms with Crippen molar-refractivity contribution in [1.82, 2.24) is 15.5 Å². The van der Waals surface area contributed by atoms with Crippen LogP contribution >= 0.6 is 0 Å². The van der Waals surface area contributed by atoms with Gasteiger partial charge in [0.15, 0.2) is 5.96 Å². The van der Waals surface area contributed by atoms with Crippen molar-refractivity contribution in [3.05, 3.63) is 65.2 Å². The van der Waals surface area contributed by atoms with Gasteiger partial charge in [0.05, 0.1) is 13.2 Å². The number of ether oxygens (including phenoxy) is 2. The molecule has 0 bridgehead atoms. The maximum atomic E-state index is 12.6. The van der Waals surface area contributed by atoms with Gasteiger partial charge >= 0.3 is 6.61 Å². The van der Waals surface area contributed by atoms with Crippen molar-refractivity contribution in [2.24, 2.45) is 4.99 Å². The molecule has 2 N–H and O–H groups in total. The van der Waals surface area contributed by atoms with Gasteiger partial charge in [-0.15, -0.1) is 0 Å². The van der Waals surface area contributed by atoms with Crippen molar-refractivity contribution < 1.29 is 18.3 Å². The Morgan fingerprint density at radius 1 is 1.07 bits per heavy atom. The highest BCUT2D eigenvalue weighted by atomic mass is 19.3. The molecule has 6 nitrogen and oxygen atoms in total. The molecule has 1 aliphatic heterocycles. The maximum absolute atomic E-state index is 12.6. The minimum absolute atomic E-state index is 0.159. The lowest BCUT2D eigenvalue weighted by atomic mass is 10.1. The van der Waals surface area contributed by atoms with Gasteiger partial charge in [-0.1, -0.05) is 42.5 Å². The van der Waals surface area contributed by atoms with Crippen LogP contribution in [0.4, 0.5) is 8.78 Å². The summed E-state index contributed by atoms with van der Waals surface area (Å²) >= 11 is 0.